The van der Waals surface area contributed by atoms with Crippen LogP contribution in [0.25, 0.3) is 0 Å². The summed E-state index contributed by atoms with van der Waals surface area (Å²) in [5.41, 5.74) is 0. The van der Waals surface area contributed by atoms with E-state index < -0.39 is 0 Å². The number of nitrogens with zero attached hydrogens (tertiary/aromatic N) is 1. The lowest BCUT2D eigenvalue weighted by atomic mass is 10.4. The number of rotatable bonds is 10. The summed E-state index contributed by atoms with van der Waals surface area (Å²) in [4.78, 5) is 2.28. The Kier molecular flexibility index (Phi) is 10.8. The first kappa shape index (κ1) is 13.8. The van der Waals surface area contributed by atoms with E-state index in [1.165, 1.54) is 6.42 Å². The molecule has 0 radical (unpaired) electrons. The minimum atomic E-state index is 0.791. The van der Waals surface area contributed by atoms with Crippen LogP contribution in [0.4, 0.5) is 0 Å². The van der Waals surface area contributed by atoms with Crippen LogP contribution in [-0.2, 0) is 9.47 Å². The van der Waals surface area contributed by atoms with Crippen molar-refractivity contribution in [2.75, 3.05) is 60.7 Å². The third-order valence-electron chi connectivity index (χ3n) is 2.05. The van der Waals surface area contributed by atoms with Gasteiger partial charge in [0.05, 0.1) is 13.2 Å². The summed E-state index contributed by atoms with van der Waals surface area (Å²) >= 11 is 0. The second-order valence-corrected chi connectivity index (χ2v) is 3.39. The maximum absolute atomic E-state index is 5.00. The largest absolute Gasteiger partial charge is 0.383 e. The Morgan fingerprint density at radius 3 is 2.36 bits per heavy atom. The van der Waals surface area contributed by atoms with E-state index in [1.807, 2.05) is 0 Å². The molecule has 0 aromatic carbocycles. The molecule has 0 saturated carbocycles. The van der Waals surface area contributed by atoms with Crippen LogP contribution >= 0.6 is 0 Å². The fourth-order valence-electron chi connectivity index (χ4n) is 1.13. The summed E-state index contributed by atoms with van der Waals surface area (Å²) in [5, 5.41) is 3.31. The van der Waals surface area contributed by atoms with Crippen molar-refractivity contribution >= 4 is 0 Å². The molecule has 0 atom stereocenters. The molecule has 0 aliphatic carbocycles. The molecule has 0 saturated heterocycles. The highest BCUT2D eigenvalue weighted by molar-refractivity contribution is 4.53. The van der Waals surface area contributed by atoms with Gasteiger partial charge in [0.1, 0.15) is 0 Å². The molecular weight excluding hydrogens is 180 g/mol. The van der Waals surface area contributed by atoms with Gasteiger partial charge in [-0.25, -0.2) is 0 Å². The average Bonchev–Trinajstić information content (AvgIpc) is 2.20. The minimum absolute atomic E-state index is 0.791. The van der Waals surface area contributed by atoms with E-state index in [0.717, 1.165) is 39.4 Å². The lowest BCUT2D eigenvalue weighted by Gasteiger charge is -2.15. The number of nitrogens with one attached hydrogen (secondary N) is 1. The molecular formula is C10H24N2O2. The van der Waals surface area contributed by atoms with Crippen LogP contribution in [0.5, 0.6) is 0 Å². The molecule has 14 heavy (non-hydrogen) atoms. The number of methoxy groups -OCH3 is 2. The highest BCUT2D eigenvalue weighted by Crippen LogP contribution is 1.86. The molecule has 0 heterocycles. The summed E-state index contributed by atoms with van der Waals surface area (Å²) in [6, 6.07) is 0. The zero-order valence-corrected chi connectivity index (χ0v) is 9.71. The third kappa shape index (κ3) is 9.92. The molecule has 0 unspecified atom stereocenters. The first-order valence-corrected chi connectivity index (χ1v) is 5.18. The number of hydrogen-bond acceptors (Lipinski definition) is 4. The number of hydrogen-bond donors (Lipinski definition) is 1. The molecule has 86 valence electrons. The van der Waals surface area contributed by atoms with Gasteiger partial charge in [0.2, 0.25) is 0 Å². The Labute approximate surface area is 87.6 Å². The van der Waals surface area contributed by atoms with Crippen LogP contribution in [-0.4, -0.2) is 65.6 Å². The summed E-state index contributed by atoms with van der Waals surface area (Å²) in [7, 11) is 5.58. The van der Waals surface area contributed by atoms with Crippen LogP contribution in [0, 0.1) is 0 Å². The number of ether oxygens (including phenoxy) is 2. The summed E-state index contributed by atoms with van der Waals surface area (Å²) < 4.78 is 9.93. The molecule has 0 spiro atoms. The Balaban J connectivity index is 3.02. The maximum Gasteiger partial charge on any atom is 0.0589 e. The zero-order valence-electron chi connectivity index (χ0n) is 9.71. The van der Waals surface area contributed by atoms with Gasteiger partial charge >= 0.3 is 0 Å². The van der Waals surface area contributed by atoms with Gasteiger partial charge in [0, 0.05) is 27.3 Å². The summed E-state index contributed by atoms with van der Waals surface area (Å²) in [6.07, 6.45) is 1.17. The fraction of sp³-hybridized carbons (Fsp3) is 1.00. The second-order valence-electron chi connectivity index (χ2n) is 3.39. The standard InChI is InChI=1S/C10H24N2O2/c1-12(8-10-14-3)7-4-5-11-6-9-13-2/h11H,4-10H2,1-3H3. The highest BCUT2D eigenvalue weighted by atomic mass is 16.5. The minimum Gasteiger partial charge on any atom is -0.383 e. The van der Waals surface area contributed by atoms with Crippen LogP contribution in [0.1, 0.15) is 6.42 Å². The normalized spacial score (nSPS) is 11.1. The molecule has 4 heteroatoms. The smallest absolute Gasteiger partial charge is 0.0589 e. The van der Waals surface area contributed by atoms with Crippen molar-refractivity contribution in [3.05, 3.63) is 0 Å². The SMILES string of the molecule is COCCNCCCN(C)CCOC. The van der Waals surface area contributed by atoms with Crippen LogP contribution in [0.15, 0.2) is 0 Å². The molecule has 0 aliphatic heterocycles. The van der Waals surface area contributed by atoms with E-state index in [1.54, 1.807) is 14.2 Å². The van der Waals surface area contributed by atoms with Gasteiger partial charge in [0.15, 0.2) is 0 Å². The molecule has 0 bridgehead atoms. The Bertz CT molecular complexity index is 112. The van der Waals surface area contributed by atoms with Crippen molar-refractivity contribution in [2.45, 2.75) is 6.42 Å². The van der Waals surface area contributed by atoms with Crippen molar-refractivity contribution < 1.29 is 9.47 Å². The summed E-state index contributed by atoms with van der Waals surface area (Å²) in [5.74, 6) is 0. The van der Waals surface area contributed by atoms with E-state index >= 15 is 0 Å². The van der Waals surface area contributed by atoms with Crippen molar-refractivity contribution in [3.63, 3.8) is 0 Å². The van der Waals surface area contributed by atoms with Crippen molar-refractivity contribution in [2.24, 2.45) is 0 Å². The Morgan fingerprint density at radius 1 is 1.00 bits per heavy atom. The lowest BCUT2D eigenvalue weighted by Crippen LogP contribution is -2.28. The monoisotopic (exact) mass is 204 g/mol. The van der Waals surface area contributed by atoms with E-state index in [0.29, 0.717) is 0 Å². The van der Waals surface area contributed by atoms with Gasteiger partial charge in [-0.1, -0.05) is 0 Å². The van der Waals surface area contributed by atoms with Crippen LogP contribution < -0.4 is 5.32 Å². The molecule has 0 fully saturated rings. The Morgan fingerprint density at radius 2 is 1.71 bits per heavy atom. The fourth-order valence-corrected chi connectivity index (χ4v) is 1.13. The van der Waals surface area contributed by atoms with E-state index in [2.05, 4.69) is 17.3 Å². The van der Waals surface area contributed by atoms with Gasteiger partial charge in [0.25, 0.3) is 0 Å². The Hall–Kier alpha value is -0.160. The second kappa shape index (κ2) is 10.9. The van der Waals surface area contributed by atoms with Crippen molar-refractivity contribution in [1.82, 2.24) is 10.2 Å². The molecule has 0 aliphatic rings. The van der Waals surface area contributed by atoms with Gasteiger partial charge in [-0.2, -0.15) is 0 Å². The highest BCUT2D eigenvalue weighted by Gasteiger charge is 1.96. The van der Waals surface area contributed by atoms with Crippen LogP contribution in [0.3, 0.4) is 0 Å². The molecule has 0 aromatic rings. The molecule has 1 N–H and O–H groups in total. The molecule has 0 rings (SSSR count). The molecule has 0 aromatic heterocycles. The van der Waals surface area contributed by atoms with Gasteiger partial charge < -0.3 is 19.7 Å². The van der Waals surface area contributed by atoms with Gasteiger partial charge in [-0.05, 0) is 26.6 Å². The maximum atomic E-state index is 5.00. The third-order valence-corrected chi connectivity index (χ3v) is 2.05. The first-order chi connectivity index (χ1) is 6.81. The van der Waals surface area contributed by atoms with Crippen molar-refractivity contribution in [1.29, 1.82) is 0 Å². The quantitative estimate of drug-likeness (QED) is 0.515. The first-order valence-electron chi connectivity index (χ1n) is 5.18. The molecule has 0 amide bonds. The topological polar surface area (TPSA) is 33.7 Å². The van der Waals surface area contributed by atoms with E-state index in [4.69, 9.17) is 9.47 Å². The van der Waals surface area contributed by atoms with Gasteiger partial charge in [-0.3, -0.25) is 0 Å². The van der Waals surface area contributed by atoms with Gasteiger partial charge in [-0.15, -0.1) is 0 Å². The zero-order chi connectivity index (χ0) is 10.6. The molecule has 4 nitrogen and oxygen atoms in total. The van der Waals surface area contributed by atoms with Crippen molar-refractivity contribution in [3.8, 4) is 0 Å². The summed E-state index contributed by atoms with van der Waals surface area (Å²) in [6.45, 7) is 5.73. The number of likely N-dealkylation sites (N-methyl/N-ethyl adjacent to an activating group) is 1. The average molecular weight is 204 g/mol. The lowest BCUT2D eigenvalue weighted by molar-refractivity contribution is 0.160. The predicted molar refractivity (Wildman–Crippen MR) is 58.7 cm³/mol. The van der Waals surface area contributed by atoms with E-state index in [-0.39, 0.29) is 0 Å². The van der Waals surface area contributed by atoms with E-state index in [9.17, 15) is 0 Å². The predicted octanol–water partition coefficient (Wildman–Crippen LogP) is 0.191. The van der Waals surface area contributed by atoms with Crippen LogP contribution in [0.2, 0.25) is 0 Å².